The Hall–Kier alpha value is -1.10. The van der Waals surface area contributed by atoms with Crippen molar-refractivity contribution in [3.05, 3.63) is 11.2 Å². The molecular weight excluding hydrogens is 178 g/mol. The second-order valence-electron chi connectivity index (χ2n) is 2.10. The molecule has 0 aliphatic carbocycles. The smallest absolute Gasteiger partial charge is 0.293 e. The van der Waals surface area contributed by atoms with Crippen molar-refractivity contribution in [3.8, 4) is 5.06 Å². The van der Waals surface area contributed by atoms with E-state index in [1.807, 2.05) is 0 Å². The first-order valence-corrected chi connectivity index (χ1v) is 4.18. The molecule has 0 aliphatic heterocycles. The molecule has 1 rings (SSSR count). The van der Waals surface area contributed by atoms with Gasteiger partial charge in [-0.1, -0.05) is 11.3 Å². The molecule has 12 heavy (non-hydrogen) atoms. The number of hydrogen-bond donors (Lipinski definition) is 0. The number of methoxy groups -OCH3 is 1. The summed E-state index contributed by atoms with van der Waals surface area (Å²) in [6.07, 6.45) is 1.31. The molecule has 0 bridgehead atoms. The Morgan fingerprint density at radius 3 is 3.00 bits per heavy atom. The minimum absolute atomic E-state index is 0.295. The third kappa shape index (κ3) is 1.94. The number of carbonyl (C=O) groups is 1. The van der Waals surface area contributed by atoms with E-state index in [0.29, 0.717) is 11.5 Å². The average Bonchev–Trinajstić information content (AvgIpc) is 2.52. The van der Waals surface area contributed by atoms with Gasteiger partial charge in [0, 0.05) is 0 Å². The number of hydrogen-bond acceptors (Lipinski definition) is 5. The molecule has 0 radical (unpaired) electrons. The summed E-state index contributed by atoms with van der Waals surface area (Å²) in [6, 6.07) is 0. The van der Waals surface area contributed by atoms with Crippen molar-refractivity contribution < 1.29 is 14.3 Å². The van der Waals surface area contributed by atoms with Crippen LogP contribution in [-0.4, -0.2) is 18.6 Å². The van der Waals surface area contributed by atoms with E-state index >= 15 is 0 Å². The summed E-state index contributed by atoms with van der Waals surface area (Å²) in [5.41, 5.74) is 0. The lowest BCUT2D eigenvalue weighted by Gasteiger charge is -2.03. The molecular formula is C7H9NO3S. The normalized spacial score (nSPS) is 12.2. The van der Waals surface area contributed by atoms with E-state index in [4.69, 9.17) is 9.47 Å². The van der Waals surface area contributed by atoms with Gasteiger partial charge in [-0.2, -0.15) is 0 Å². The molecule has 0 spiro atoms. The van der Waals surface area contributed by atoms with E-state index in [9.17, 15) is 4.79 Å². The van der Waals surface area contributed by atoms with E-state index < -0.39 is 0 Å². The van der Waals surface area contributed by atoms with Crippen LogP contribution in [0.25, 0.3) is 0 Å². The van der Waals surface area contributed by atoms with Gasteiger partial charge in [0.25, 0.3) is 6.47 Å². The van der Waals surface area contributed by atoms with E-state index in [1.165, 1.54) is 11.3 Å². The van der Waals surface area contributed by atoms with Crippen LogP contribution in [-0.2, 0) is 9.53 Å². The molecule has 1 aromatic rings. The summed E-state index contributed by atoms with van der Waals surface area (Å²) in [5.74, 6) is 0. The van der Waals surface area contributed by atoms with Crippen molar-refractivity contribution in [2.75, 3.05) is 7.11 Å². The Morgan fingerprint density at radius 2 is 2.50 bits per heavy atom. The molecule has 1 unspecified atom stereocenters. The number of nitrogens with zero attached hydrogens (tertiary/aromatic N) is 1. The molecule has 66 valence electrons. The highest BCUT2D eigenvalue weighted by molar-refractivity contribution is 7.13. The highest BCUT2D eigenvalue weighted by Crippen LogP contribution is 2.26. The van der Waals surface area contributed by atoms with Gasteiger partial charge >= 0.3 is 0 Å². The second kappa shape index (κ2) is 4.06. The van der Waals surface area contributed by atoms with Crippen LogP contribution in [0.15, 0.2) is 6.20 Å². The Kier molecular flexibility index (Phi) is 3.04. The van der Waals surface area contributed by atoms with Crippen LogP contribution >= 0.6 is 11.3 Å². The molecule has 0 amide bonds. The van der Waals surface area contributed by atoms with Crippen LogP contribution in [0.2, 0.25) is 0 Å². The molecule has 0 fully saturated rings. The van der Waals surface area contributed by atoms with Gasteiger partial charge in [0.1, 0.15) is 5.01 Å². The lowest BCUT2D eigenvalue weighted by Crippen LogP contribution is -1.96. The number of carbonyl (C=O) groups excluding carboxylic acids is 1. The van der Waals surface area contributed by atoms with Crippen molar-refractivity contribution in [2.24, 2.45) is 0 Å². The maximum absolute atomic E-state index is 9.99. The molecule has 0 aromatic carbocycles. The van der Waals surface area contributed by atoms with Gasteiger partial charge in [-0.25, -0.2) is 4.98 Å². The van der Waals surface area contributed by atoms with E-state index in [1.54, 1.807) is 20.2 Å². The highest BCUT2D eigenvalue weighted by Gasteiger charge is 2.10. The van der Waals surface area contributed by atoms with Crippen LogP contribution in [0, 0.1) is 0 Å². The molecule has 0 aliphatic rings. The average molecular weight is 187 g/mol. The maximum Gasteiger partial charge on any atom is 0.293 e. The van der Waals surface area contributed by atoms with E-state index in [2.05, 4.69) is 4.98 Å². The van der Waals surface area contributed by atoms with E-state index in [-0.39, 0.29) is 6.10 Å². The molecule has 1 atom stereocenters. The van der Waals surface area contributed by atoms with Gasteiger partial charge in [0.2, 0.25) is 0 Å². The van der Waals surface area contributed by atoms with Crippen molar-refractivity contribution in [1.82, 2.24) is 4.98 Å². The monoisotopic (exact) mass is 187 g/mol. The molecule has 0 saturated heterocycles. The van der Waals surface area contributed by atoms with E-state index in [0.717, 1.165) is 5.01 Å². The molecule has 5 heteroatoms. The maximum atomic E-state index is 9.99. The third-order valence-electron chi connectivity index (χ3n) is 1.31. The summed E-state index contributed by atoms with van der Waals surface area (Å²) in [7, 11) is 1.57. The van der Waals surface area contributed by atoms with Crippen molar-refractivity contribution >= 4 is 17.8 Å². The van der Waals surface area contributed by atoms with Gasteiger partial charge in [0.05, 0.1) is 13.3 Å². The first-order valence-electron chi connectivity index (χ1n) is 3.36. The SMILES string of the molecule is COc1cnc(C(C)OC=O)s1. The van der Waals surface area contributed by atoms with Gasteiger partial charge in [0.15, 0.2) is 11.2 Å². The Labute approximate surface area is 74.1 Å². The van der Waals surface area contributed by atoms with Crippen LogP contribution in [0.5, 0.6) is 5.06 Å². The van der Waals surface area contributed by atoms with Gasteiger partial charge in [-0.15, -0.1) is 0 Å². The predicted octanol–water partition coefficient (Wildman–Crippen LogP) is 1.39. The fraction of sp³-hybridized carbons (Fsp3) is 0.429. The minimum Gasteiger partial charge on any atom is -0.486 e. The first kappa shape index (κ1) is 8.99. The Balaban J connectivity index is 2.67. The van der Waals surface area contributed by atoms with Crippen LogP contribution in [0.1, 0.15) is 18.0 Å². The number of thiazole rings is 1. The van der Waals surface area contributed by atoms with Crippen molar-refractivity contribution in [2.45, 2.75) is 13.0 Å². The molecule has 0 N–H and O–H groups in total. The second-order valence-corrected chi connectivity index (χ2v) is 3.12. The number of ether oxygens (including phenoxy) is 2. The predicted molar refractivity (Wildman–Crippen MR) is 44.2 cm³/mol. The van der Waals surface area contributed by atoms with Gasteiger partial charge < -0.3 is 9.47 Å². The van der Waals surface area contributed by atoms with Crippen LogP contribution in [0.4, 0.5) is 0 Å². The third-order valence-corrected chi connectivity index (χ3v) is 2.43. The lowest BCUT2D eigenvalue weighted by molar-refractivity contribution is -0.133. The fourth-order valence-electron chi connectivity index (χ4n) is 0.696. The standard InChI is InChI=1S/C7H9NO3S/c1-5(11-4-9)7-8-3-6(10-2)12-7/h3-5H,1-2H3. The zero-order chi connectivity index (χ0) is 8.97. The van der Waals surface area contributed by atoms with Gasteiger partial charge in [-0.05, 0) is 6.92 Å². The Bertz CT molecular complexity index is 261. The summed E-state index contributed by atoms with van der Waals surface area (Å²) in [6.45, 7) is 2.17. The Morgan fingerprint density at radius 1 is 1.75 bits per heavy atom. The summed E-state index contributed by atoms with van der Waals surface area (Å²) < 4.78 is 9.63. The van der Waals surface area contributed by atoms with Crippen LogP contribution in [0.3, 0.4) is 0 Å². The molecule has 4 nitrogen and oxygen atoms in total. The van der Waals surface area contributed by atoms with Crippen LogP contribution < -0.4 is 4.74 Å². The quantitative estimate of drug-likeness (QED) is 0.668. The minimum atomic E-state index is -0.295. The molecule has 1 heterocycles. The number of aromatic nitrogens is 1. The summed E-state index contributed by atoms with van der Waals surface area (Å²) >= 11 is 1.36. The number of rotatable bonds is 4. The fourth-order valence-corrected chi connectivity index (χ4v) is 1.42. The largest absolute Gasteiger partial charge is 0.486 e. The topological polar surface area (TPSA) is 48.4 Å². The zero-order valence-corrected chi connectivity index (χ0v) is 7.63. The van der Waals surface area contributed by atoms with Gasteiger partial charge in [-0.3, -0.25) is 4.79 Å². The lowest BCUT2D eigenvalue weighted by atomic mass is 10.4. The summed E-state index contributed by atoms with van der Waals surface area (Å²) in [4.78, 5) is 14.0. The zero-order valence-electron chi connectivity index (χ0n) is 6.81. The molecule has 1 aromatic heterocycles. The highest BCUT2D eigenvalue weighted by atomic mass is 32.1. The van der Waals surface area contributed by atoms with Crippen molar-refractivity contribution in [1.29, 1.82) is 0 Å². The molecule has 0 saturated carbocycles. The summed E-state index contributed by atoms with van der Waals surface area (Å²) in [5, 5.41) is 1.45. The van der Waals surface area contributed by atoms with Crippen molar-refractivity contribution in [3.63, 3.8) is 0 Å². The first-order chi connectivity index (χ1) is 5.77.